The molecule has 2 unspecified atom stereocenters. The largest absolute Gasteiger partial charge is 0.334 e. The van der Waals surface area contributed by atoms with Crippen molar-refractivity contribution in [1.82, 2.24) is 15.0 Å². The summed E-state index contributed by atoms with van der Waals surface area (Å²) in [5, 5.41) is 0.562. The Morgan fingerprint density at radius 1 is 1.65 bits per heavy atom. The summed E-state index contributed by atoms with van der Waals surface area (Å²) in [4.78, 5) is 4.49. The standard InChI is InChI=1S/C12H22N4S/c1-2-7-16-8-6-14-12(16)11(15-13)10-5-3-4-9-17-10/h6,8,10-11,15H,2-5,7,9,13H2,1H3. The van der Waals surface area contributed by atoms with Crippen LogP contribution in [-0.2, 0) is 6.54 Å². The number of nitrogens with one attached hydrogen (secondary N) is 1. The van der Waals surface area contributed by atoms with Gasteiger partial charge in [0.25, 0.3) is 0 Å². The van der Waals surface area contributed by atoms with E-state index in [2.05, 4.69) is 28.1 Å². The van der Waals surface area contributed by atoms with Crippen LogP contribution in [0.25, 0.3) is 0 Å². The predicted octanol–water partition coefficient (Wildman–Crippen LogP) is 2.08. The van der Waals surface area contributed by atoms with E-state index in [1.165, 1.54) is 25.0 Å². The van der Waals surface area contributed by atoms with Crippen LogP contribution in [0.5, 0.6) is 0 Å². The molecule has 2 atom stereocenters. The lowest BCUT2D eigenvalue weighted by Crippen LogP contribution is -2.38. The highest BCUT2D eigenvalue weighted by molar-refractivity contribution is 8.00. The predicted molar refractivity (Wildman–Crippen MR) is 72.7 cm³/mol. The second kappa shape index (κ2) is 6.42. The van der Waals surface area contributed by atoms with Crippen LogP contribution < -0.4 is 11.3 Å². The molecule has 17 heavy (non-hydrogen) atoms. The van der Waals surface area contributed by atoms with Crippen molar-refractivity contribution in [1.29, 1.82) is 0 Å². The smallest absolute Gasteiger partial charge is 0.128 e. The molecule has 5 heteroatoms. The third-order valence-corrected chi connectivity index (χ3v) is 4.72. The molecule has 1 aromatic rings. The van der Waals surface area contributed by atoms with Crippen molar-refractivity contribution in [2.45, 2.75) is 50.4 Å². The van der Waals surface area contributed by atoms with Crippen molar-refractivity contribution in [2.75, 3.05) is 5.75 Å². The molecule has 0 spiro atoms. The third-order valence-electron chi connectivity index (χ3n) is 3.26. The molecule has 4 nitrogen and oxygen atoms in total. The van der Waals surface area contributed by atoms with Gasteiger partial charge in [-0.25, -0.2) is 10.4 Å². The van der Waals surface area contributed by atoms with Gasteiger partial charge in [-0.05, 0) is 25.0 Å². The first-order valence-electron chi connectivity index (χ1n) is 6.45. The van der Waals surface area contributed by atoms with Crippen molar-refractivity contribution in [3.63, 3.8) is 0 Å². The summed E-state index contributed by atoms with van der Waals surface area (Å²) in [6.07, 6.45) is 8.93. The summed E-state index contributed by atoms with van der Waals surface area (Å²) >= 11 is 2.03. The molecule has 2 heterocycles. The topological polar surface area (TPSA) is 55.9 Å². The summed E-state index contributed by atoms with van der Waals surface area (Å²) in [5.74, 6) is 8.08. The molecule has 1 fully saturated rings. The van der Waals surface area contributed by atoms with Crippen LogP contribution in [0, 0.1) is 0 Å². The van der Waals surface area contributed by atoms with Gasteiger partial charge in [-0.1, -0.05) is 13.3 Å². The maximum atomic E-state index is 5.74. The second-order valence-electron chi connectivity index (χ2n) is 4.53. The van der Waals surface area contributed by atoms with Crippen LogP contribution in [-0.4, -0.2) is 20.6 Å². The van der Waals surface area contributed by atoms with Crippen LogP contribution in [0.3, 0.4) is 0 Å². The van der Waals surface area contributed by atoms with E-state index in [1.54, 1.807) is 0 Å². The Morgan fingerprint density at radius 2 is 2.53 bits per heavy atom. The Hall–Kier alpha value is -0.520. The number of thioether (sulfide) groups is 1. The minimum atomic E-state index is 0.182. The Kier molecular flexibility index (Phi) is 4.88. The van der Waals surface area contributed by atoms with E-state index in [0.29, 0.717) is 5.25 Å². The van der Waals surface area contributed by atoms with E-state index in [0.717, 1.165) is 18.8 Å². The normalized spacial score (nSPS) is 22.6. The molecule has 1 saturated heterocycles. The Balaban J connectivity index is 2.12. The Bertz CT molecular complexity index is 333. The van der Waals surface area contributed by atoms with Gasteiger partial charge in [-0.2, -0.15) is 11.8 Å². The molecule has 0 aromatic carbocycles. The highest BCUT2D eigenvalue weighted by atomic mass is 32.2. The van der Waals surface area contributed by atoms with Gasteiger partial charge in [0.2, 0.25) is 0 Å². The Morgan fingerprint density at radius 3 is 3.18 bits per heavy atom. The summed E-state index contributed by atoms with van der Waals surface area (Å²) in [5.41, 5.74) is 2.97. The van der Waals surface area contributed by atoms with Crippen molar-refractivity contribution >= 4 is 11.8 Å². The molecule has 0 radical (unpaired) electrons. The fraction of sp³-hybridized carbons (Fsp3) is 0.750. The fourth-order valence-electron chi connectivity index (χ4n) is 2.41. The summed E-state index contributed by atoms with van der Waals surface area (Å²) in [6.45, 7) is 3.20. The molecular formula is C12H22N4S. The first-order valence-corrected chi connectivity index (χ1v) is 7.50. The molecule has 96 valence electrons. The SMILES string of the molecule is CCCn1ccnc1C(NN)C1CCCCS1. The van der Waals surface area contributed by atoms with E-state index in [1.807, 2.05) is 18.0 Å². The zero-order valence-electron chi connectivity index (χ0n) is 10.4. The van der Waals surface area contributed by atoms with Crippen LogP contribution in [0.15, 0.2) is 12.4 Å². The van der Waals surface area contributed by atoms with Crippen LogP contribution in [0.2, 0.25) is 0 Å². The van der Waals surface area contributed by atoms with Crippen molar-refractivity contribution in [2.24, 2.45) is 5.84 Å². The highest BCUT2D eigenvalue weighted by Gasteiger charge is 2.27. The number of imidazole rings is 1. The van der Waals surface area contributed by atoms with Crippen molar-refractivity contribution in [3.05, 3.63) is 18.2 Å². The zero-order valence-corrected chi connectivity index (χ0v) is 11.2. The summed E-state index contributed by atoms with van der Waals surface area (Å²) in [7, 11) is 0. The third kappa shape index (κ3) is 3.03. The number of nitrogens with zero attached hydrogens (tertiary/aromatic N) is 2. The highest BCUT2D eigenvalue weighted by Crippen LogP contribution is 2.33. The zero-order chi connectivity index (χ0) is 12.1. The van der Waals surface area contributed by atoms with Crippen LogP contribution in [0.4, 0.5) is 0 Å². The fourth-order valence-corrected chi connectivity index (χ4v) is 3.81. The van der Waals surface area contributed by atoms with Gasteiger partial charge in [0, 0.05) is 24.2 Å². The van der Waals surface area contributed by atoms with Gasteiger partial charge in [0.1, 0.15) is 5.82 Å². The maximum absolute atomic E-state index is 5.74. The lowest BCUT2D eigenvalue weighted by atomic mass is 10.1. The lowest BCUT2D eigenvalue weighted by molar-refractivity contribution is 0.449. The number of rotatable bonds is 5. The number of hydrazine groups is 1. The minimum Gasteiger partial charge on any atom is -0.334 e. The molecular weight excluding hydrogens is 232 g/mol. The maximum Gasteiger partial charge on any atom is 0.128 e. The molecule has 2 rings (SSSR count). The van der Waals surface area contributed by atoms with E-state index >= 15 is 0 Å². The van der Waals surface area contributed by atoms with Crippen LogP contribution >= 0.6 is 11.8 Å². The summed E-state index contributed by atoms with van der Waals surface area (Å²) < 4.78 is 2.22. The molecule has 1 aliphatic rings. The average Bonchev–Trinajstić information content (AvgIpc) is 2.81. The van der Waals surface area contributed by atoms with Gasteiger partial charge >= 0.3 is 0 Å². The molecule has 0 saturated carbocycles. The molecule has 0 aliphatic carbocycles. The first kappa shape index (κ1) is 12.9. The summed E-state index contributed by atoms with van der Waals surface area (Å²) in [6, 6.07) is 0.182. The van der Waals surface area contributed by atoms with E-state index < -0.39 is 0 Å². The molecule has 0 bridgehead atoms. The lowest BCUT2D eigenvalue weighted by Gasteiger charge is -2.29. The number of aromatic nitrogens is 2. The minimum absolute atomic E-state index is 0.182. The van der Waals surface area contributed by atoms with Gasteiger partial charge < -0.3 is 4.57 Å². The van der Waals surface area contributed by atoms with Gasteiger partial charge in [0.15, 0.2) is 0 Å². The van der Waals surface area contributed by atoms with Gasteiger partial charge in [-0.3, -0.25) is 5.84 Å². The molecule has 1 aromatic heterocycles. The van der Waals surface area contributed by atoms with Gasteiger partial charge in [-0.15, -0.1) is 0 Å². The number of aryl methyl sites for hydroxylation is 1. The molecule has 1 aliphatic heterocycles. The van der Waals surface area contributed by atoms with E-state index in [-0.39, 0.29) is 6.04 Å². The van der Waals surface area contributed by atoms with Crippen molar-refractivity contribution in [3.8, 4) is 0 Å². The molecule has 3 N–H and O–H groups in total. The molecule has 0 amide bonds. The van der Waals surface area contributed by atoms with E-state index in [4.69, 9.17) is 5.84 Å². The van der Waals surface area contributed by atoms with Crippen LogP contribution in [0.1, 0.15) is 44.5 Å². The first-order chi connectivity index (χ1) is 8.36. The monoisotopic (exact) mass is 254 g/mol. The second-order valence-corrected chi connectivity index (χ2v) is 5.88. The number of hydrogen-bond acceptors (Lipinski definition) is 4. The van der Waals surface area contributed by atoms with Gasteiger partial charge in [0.05, 0.1) is 6.04 Å². The number of nitrogens with two attached hydrogens (primary N) is 1. The quantitative estimate of drug-likeness (QED) is 0.624. The van der Waals surface area contributed by atoms with Crippen molar-refractivity contribution < 1.29 is 0 Å². The number of hydrogen-bond donors (Lipinski definition) is 2. The average molecular weight is 254 g/mol. The Labute approximate surface area is 107 Å². The van der Waals surface area contributed by atoms with E-state index in [9.17, 15) is 0 Å².